The molecule has 0 bridgehead atoms. The molecule has 0 aliphatic rings. The molecule has 3 rings (SSSR count). The minimum absolute atomic E-state index is 0.354. The molecule has 1 aromatic heterocycles. The smallest absolute Gasteiger partial charge is 0.306 e. The summed E-state index contributed by atoms with van der Waals surface area (Å²) in [7, 11) is -21.6. The van der Waals surface area contributed by atoms with Crippen LogP contribution in [-0.2, 0) is 50.6 Å². The van der Waals surface area contributed by atoms with Crippen molar-refractivity contribution in [3.05, 3.63) is 40.6 Å². The lowest BCUT2D eigenvalue weighted by Crippen LogP contribution is -2.17. The number of hydrogen-bond donors (Lipinski definition) is 0. The Balaban J connectivity index is 2.49. The molecule has 0 fully saturated rings. The molecule has 17 nitrogen and oxygen atoms in total. The van der Waals surface area contributed by atoms with Gasteiger partial charge in [0.1, 0.15) is 16.7 Å². The highest BCUT2D eigenvalue weighted by Crippen LogP contribution is 2.40. The lowest BCUT2D eigenvalue weighted by Gasteiger charge is -2.15. The Hall–Kier alpha value is -3.60. The average Bonchev–Trinajstić information content (AvgIpc) is 2.71. The van der Waals surface area contributed by atoms with E-state index < -0.39 is 101 Å². The Morgan fingerprint density at radius 1 is 0.548 bits per heavy atom. The van der Waals surface area contributed by atoms with Gasteiger partial charge in [-0.1, -0.05) is 0 Å². The quantitative estimate of drug-likeness (QED) is 0.243. The minimum Gasteiger partial charge on any atom is -0.452 e. The maximum absolute atomic E-state index is 13.6. The third-order valence-electron chi connectivity index (χ3n) is 4.30. The van der Waals surface area contributed by atoms with Crippen molar-refractivity contribution in [2.24, 2.45) is 0 Å². The van der Waals surface area contributed by atoms with E-state index in [9.17, 15) is 46.9 Å². The first-order chi connectivity index (χ1) is 18.8. The highest BCUT2D eigenvalue weighted by atomic mass is 32.2. The Labute approximate surface area is 240 Å². The van der Waals surface area contributed by atoms with Crippen LogP contribution in [0.5, 0.6) is 28.7 Å². The van der Waals surface area contributed by atoms with E-state index in [1.54, 1.807) is 0 Å². The second-order valence-corrected chi connectivity index (χ2v) is 16.4. The maximum atomic E-state index is 13.6. The van der Waals surface area contributed by atoms with E-state index >= 15 is 0 Å². The van der Waals surface area contributed by atoms with Gasteiger partial charge in [-0.2, -0.15) is 42.1 Å². The van der Waals surface area contributed by atoms with Gasteiger partial charge in [-0.3, -0.25) is 4.79 Å². The molecule has 0 radical (unpaired) electrons. The van der Waals surface area contributed by atoms with Crippen molar-refractivity contribution in [1.29, 1.82) is 0 Å². The van der Waals surface area contributed by atoms with E-state index in [4.69, 9.17) is 25.3 Å². The molecule has 3 aromatic rings. The molecular formula is C20H20O17S5. The molecule has 0 aliphatic carbocycles. The summed E-state index contributed by atoms with van der Waals surface area (Å²) in [5, 5.41) is -0.728. The Morgan fingerprint density at radius 2 is 1.02 bits per heavy atom. The Kier molecular flexibility index (Phi) is 8.55. The summed E-state index contributed by atoms with van der Waals surface area (Å²) >= 11 is 0. The summed E-state index contributed by atoms with van der Waals surface area (Å²) in [4.78, 5) is 13.6. The highest BCUT2D eigenvalue weighted by molar-refractivity contribution is 7.87. The fourth-order valence-electron chi connectivity index (χ4n) is 3.22. The summed E-state index contributed by atoms with van der Waals surface area (Å²) in [5.41, 5.74) is -2.31. The van der Waals surface area contributed by atoms with Gasteiger partial charge in [-0.05, 0) is 18.2 Å². The van der Waals surface area contributed by atoms with Crippen LogP contribution in [-0.4, -0.2) is 73.4 Å². The van der Waals surface area contributed by atoms with Crippen LogP contribution in [0, 0.1) is 0 Å². The zero-order valence-electron chi connectivity index (χ0n) is 21.9. The summed E-state index contributed by atoms with van der Waals surface area (Å²) in [6.45, 7) is 0. The van der Waals surface area contributed by atoms with Gasteiger partial charge in [0.25, 0.3) is 0 Å². The summed E-state index contributed by atoms with van der Waals surface area (Å²) in [5.74, 6) is -4.62. The van der Waals surface area contributed by atoms with Gasteiger partial charge in [0.2, 0.25) is 11.2 Å². The summed E-state index contributed by atoms with van der Waals surface area (Å²) < 4.78 is 148. The molecule has 22 heteroatoms. The van der Waals surface area contributed by atoms with Crippen molar-refractivity contribution in [2.45, 2.75) is 0 Å². The average molecular weight is 693 g/mol. The zero-order chi connectivity index (χ0) is 32.1. The minimum atomic E-state index is -4.50. The van der Waals surface area contributed by atoms with E-state index in [1.807, 2.05) is 0 Å². The van der Waals surface area contributed by atoms with E-state index in [2.05, 4.69) is 0 Å². The van der Waals surface area contributed by atoms with Crippen LogP contribution in [0.3, 0.4) is 0 Å². The standard InChI is InChI=1S/C20H20O17S5/c1-38(22,23)33-12-9-15-17(16(10-12)36-41(4,28)29)18(21)20(37-42(5,30)31)19(32-15)11-6-7-13(34-39(2,24)25)14(8-11)35-40(3,26)27/h6-10H,1-5H3. The Morgan fingerprint density at radius 3 is 1.52 bits per heavy atom. The van der Waals surface area contributed by atoms with Crippen molar-refractivity contribution in [3.63, 3.8) is 0 Å². The van der Waals surface area contributed by atoms with Crippen molar-refractivity contribution in [3.8, 4) is 40.1 Å². The molecule has 0 saturated carbocycles. The van der Waals surface area contributed by atoms with E-state index in [1.165, 1.54) is 0 Å². The highest BCUT2D eigenvalue weighted by Gasteiger charge is 2.27. The number of hydrogen-bond acceptors (Lipinski definition) is 17. The van der Waals surface area contributed by atoms with Gasteiger partial charge in [0.15, 0.2) is 23.0 Å². The van der Waals surface area contributed by atoms with Crippen molar-refractivity contribution in [1.82, 2.24) is 0 Å². The van der Waals surface area contributed by atoms with Crippen LogP contribution in [0.2, 0.25) is 0 Å². The van der Waals surface area contributed by atoms with Gasteiger partial charge in [-0.25, -0.2) is 0 Å². The van der Waals surface area contributed by atoms with Gasteiger partial charge >= 0.3 is 50.6 Å². The lowest BCUT2D eigenvalue weighted by molar-refractivity contribution is 0.455. The van der Waals surface area contributed by atoms with Crippen LogP contribution in [0.1, 0.15) is 0 Å². The van der Waals surface area contributed by atoms with Crippen molar-refractivity contribution < 1.29 is 67.4 Å². The normalized spacial score (nSPS) is 13.0. The van der Waals surface area contributed by atoms with Crippen LogP contribution in [0.4, 0.5) is 0 Å². The molecule has 0 amide bonds. The summed E-state index contributed by atoms with van der Waals surface area (Å²) in [6.07, 6.45) is 3.07. The largest absolute Gasteiger partial charge is 0.452 e. The lowest BCUT2D eigenvalue weighted by atomic mass is 10.1. The molecule has 0 spiro atoms. The first kappa shape index (κ1) is 32.9. The van der Waals surface area contributed by atoms with Crippen LogP contribution < -0.4 is 26.3 Å². The molecule has 0 atom stereocenters. The molecule has 1 heterocycles. The predicted octanol–water partition coefficient (Wildman–Crippen LogP) is 0.152. The fourth-order valence-corrected chi connectivity index (χ4v) is 5.50. The number of rotatable bonds is 11. The molecule has 232 valence electrons. The number of fused-ring (bicyclic) bond motifs is 1. The van der Waals surface area contributed by atoms with E-state index in [0.717, 1.165) is 24.3 Å². The van der Waals surface area contributed by atoms with Crippen molar-refractivity contribution >= 4 is 61.6 Å². The zero-order valence-corrected chi connectivity index (χ0v) is 26.0. The fraction of sp³-hybridized carbons (Fsp3) is 0.250. The molecule has 2 aromatic carbocycles. The predicted molar refractivity (Wildman–Crippen MR) is 145 cm³/mol. The van der Waals surface area contributed by atoms with Gasteiger partial charge < -0.3 is 25.3 Å². The second kappa shape index (κ2) is 10.9. The SMILES string of the molecule is CS(=O)(=O)Oc1cc(OS(C)(=O)=O)c2c(=O)c(OS(C)(=O)=O)c(-c3ccc(OS(C)(=O)=O)c(OS(C)(=O)=O)c3)oc2c1. The van der Waals surface area contributed by atoms with Crippen LogP contribution in [0.25, 0.3) is 22.3 Å². The third-order valence-corrected chi connectivity index (χ3v) is 6.71. The van der Waals surface area contributed by atoms with Crippen LogP contribution in [0.15, 0.2) is 39.5 Å². The van der Waals surface area contributed by atoms with Gasteiger partial charge in [0.05, 0.1) is 31.3 Å². The molecular weight excluding hydrogens is 673 g/mol. The Bertz CT molecular complexity index is 2200. The van der Waals surface area contributed by atoms with Gasteiger partial charge in [-0.15, -0.1) is 0 Å². The van der Waals surface area contributed by atoms with E-state index in [0.29, 0.717) is 37.3 Å². The van der Waals surface area contributed by atoms with Gasteiger partial charge in [0, 0.05) is 17.7 Å². The number of benzene rings is 2. The molecule has 0 N–H and O–H groups in total. The monoisotopic (exact) mass is 692 g/mol. The topological polar surface area (TPSA) is 247 Å². The molecule has 42 heavy (non-hydrogen) atoms. The van der Waals surface area contributed by atoms with Crippen LogP contribution >= 0.6 is 0 Å². The molecule has 0 aliphatic heterocycles. The second-order valence-electron chi connectivity index (χ2n) is 8.48. The maximum Gasteiger partial charge on any atom is 0.306 e. The third kappa shape index (κ3) is 9.20. The first-order valence-electron chi connectivity index (χ1n) is 10.6. The first-order valence-corrected chi connectivity index (χ1v) is 19.6. The van der Waals surface area contributed by atoms with Crippen molar-refractivity contribution in [2.75, 3.05) is 31.3 Å². The molecule has 0 saturated heterocycles. The summed E-state index contributed by atoms with van der Waals surface area (Å²) in [6, 6.07) is 4.22. The molecule has 0 unspecified atom stereocenters. The van der Waals surface area contributed by atoms with E-state index in [-0.39, 0.29) is 5.56 Å².